The first-order valence-corrected chi connectivity index (χ1v) is 9.85. The van der Waals surface area contributed by atoms with Crippen LogP contribution in [0.4, 0.5) is 4.39 Å². The van der Waals surface area contributed by atoms with Crippen LogP contribution in [0.15, 0.2) is 60.9 Å². The van der Waals surface area contributed by atoms with E-state index in [4.69, 9.17) is 9.72 Å². The minimum absolute atomic E-state index is 0.284. The number of aromatic amines is 1. The number of hydrogen-bond donors (Lipinski definition) is 1. The van der Waals surface area contributed by atoms with Gasteiger partial charge in [-0.15, -0.1) is 0 Å². The SMILES string of the molecule is COc1ncc(-c2nc(-c3ccc(CC(C)C)cc3)[nH]c2-c2ccc(F)cc2)cn1. The molecule has 2 heterocycles. The maximum Gasteiger partial charge on any atom is 0.316 e. The normalized spacial score (nSPS) is 11.1. The smallest absolute Gasteiger partial charge is 0.316 e. The molecule has 0 fully saturated rings. The van der Waals surface area contributed by atoms with Gasteiger partial charge in [0.1, 0.15) is 11.6 Å². The molecule has 4 aromatic rings. The van der Waals surface area contributed by atoms with Crippen molar-refractivity contribution >= 4 is 0 Å². The molecule has 0 bridgehead atoms. The summed E-state index contributed by atoms with van der Waals surface area (Å²) in [5, 5.41) is 0. The van der Waals surface area contributed by atoms with Crippen molar-refractivity contribution in [3.05, 3.63) is 72.3 Å². The molecule has 0 atom stereocenters. The molecule has 0 saturated heterocycles. The average Bonchev–Trinajstić information content (AvgIpc) is 3.20. The van der Waals surface area contributed by atoms with Crippen molar-refractivity contribution in [2.45, 2.75) is 20.3 Å². The van der Waals surface area contributed by atoms with Gasteiger partial charge < -0.3 is 9.72 Å². The Bertz CT molecular complexity index is 1120. The van der Waals surface area contributed by atoms with Crippen LogP contribution < -0.4 is 4.74 Å². The Morgan fingerprint density at radius 3 is 2.13 bits per heavy atom. The number of nitrogens with one attached hydrogen (secondary N) is 1. The van der Waals surface area contributed by atoms with E-state index < -0.39 is 0 Å². The highest BCUT2D eigenvalue weighted by Crippen LogP contribution is 2.33. The van der Waals surface area contributed by atoms with Crippen LogP contribution in [0, 0.1) is 11.7 Å². The molecule has 0 unspecified atom stereocenters. The molecular weight excluding hydrogens is 379 g/mol. The minimum atomic E-state index is -0.284. The van der Waals surface area contributed by atoms with Crippen molar-refractivity contribution in [2.75, 3.05) is 7.11 Å². The predicted octanol–water partition coefficient (Wildman–Crippen LogP) is 5.55. The molecule has 0 spiro atoms. The lowest BCUT2D eigenvalue weighted by atomic mass is 10.0. The van der Waals surface area contributed by atoms with E-state index in [2.05, 4.69) is 53.1 Å². The van der Waals surface area contributed by atoms with Gasteiger partial charge in [0.15, 0.2) is 0 Å². The Labute approximate surface area is 175 Å². The molecule has 2 aromatic carbocycles. The van der Waals surface area contributed by atoms with Gasteiger partial charge in [0.05, 0.1) is 18.5 Å². The molecule has 0 radical (unpaired) electrons. The third-order valence-corrected chi connectivity index (χ3v) is 4.79. The first-order valence-electron chi connectivity index (χ1n) is 9.85. The Morgan fingerprint density at radius 1 is 0.900 bits per heavy atom. The fraction of sp³-hybridized carbons (Fsp3) is 0.208. The van der Waals surface area contributed by atoms with Crippen molar-refractivity contribution in [1.29, 1.82) is 0 Å². The van der Waals surface area contributed by atoms with E-state index in [-0.39, 0.29) is 5.82 Å². The summed E-state index contributed by atoms with van der Waals surface area (Å²) < 4.78 is 18.5. The summed E-state index contributed by atoms with van der Waals surface area (Å²) in [5.74, 6) is 1.05. The number of ether oxygens (including phenoxy) is 1. The molecule has 30 heavy (non-hydrogen) atoms. The van der Waals surface area contributed by atoms with E-state index in [0.29, 0.717) is 17.6 Å². The minimum Gasteiger partial charge on any atom is -0.467 e. The van der Waals surface area contributed by atoms with Crippen LogP contribution in [0.1, 0.15) is 19.4 Å². The van der Waals surface area contributed by atoms with Gasteiger partial charge in [-0.2, -0.15) is 0 Å². The average molecular weight is 402 g/mol. The molecule has 152 valence electrons. The number of methoxy groups -OCH3 is 1. The largest absolute Gasteiger partial charge is 0.467 e. The maximum absolute atomic E-state index is 13.4. The zero-order valence-corrected chi connectivity index (χ0v) is 17.2. The molecule has 6 heteroatoms. The third kappa shape index (κ3) is 4.22. The highest BCUT2D eigenvalue weighted by molar-refractivity contribution is 5.80. The van der Waals surface area contributed by atoms with Crippen molar-refractivity contribution in [3.63, 3.8) is 0 Å². The molecule has 0 aliphatic carbocycles. The van der Waals surface area contributed by atoms with Gasteiger partial charge in [-0.3, -0.25) is 0 Å². The van der Waals surface area contributed by atoms with Crippen LogP contribution in [0.5, 0.6) is 6.01 Å². The summed E-state index contributed by atoms with van der Waals surface area (Å²) in [4.78, 5) is 16.6. The van der Waals surface area contributed by atoms with Gasteiger partial charge in [-0.25, -0.2) is 19.3 Å². The summed E-state index contributed by atoms with van der Waals surface area (Å²) in [7, 11) is 1.52. The lowest BCUT2D eigenvalue weighted by Gasteiger charge is -2.05. The standard InChI is InChI=1S/C24H23FN4O/c1-15(2)12-16-4-6-18(7-5-16)23-28-21(17-8-10-20(25)11-9-17)22(29-23)19-13-26-24(30-3)27-14-19/h4-11,13-15H,12H2,1-3H3,(H,28,29). The highest BCUT2D eigenvalue weighted by Gasteiger charge is 2.16. The number of nitrogens with zero attached hydrogens (tertiary/aromatic N) is 3. The number of benzene rings is 2. The Kier molecular flexibility index (Phi) is 5.57. The van der Waals surface area contributed by atoms with Gasteiger partial charge in [0, 0.05) is 29.1 Å². The molecule has 5 nitrogen and oxygen atoms in total. The van der Waals surface area contributed by atoms with E-state index in [1.807, 2.05) is 0 Å². The van der Waals surface area contributed by atoms with Gasteiger partial charge in [-0.1, -0.05) is 38.1 Å². The Hall–Kier alpha value is -3.54. The molecule has 0 aliphatic heterocycles. The van der Waals surface area contributed by atoms with E-state index in [0.717, 1.165) is 34.6 Å². The summed E-state index contributed by atoms with van der Waals surface area (Å²) in [6, 6.07) is 15.0. The van der Waals surface area contributed by atoms with Gasteiger partial charge in [0.25, 0.3) is 0 Å². The van der Waals surface area contributed by atoms with Crippen LogP contribution in [0.3, 0.4) is 0 Å². The zero-order valence-electron chi connectivity index (χ0n) is 17.2. The van der Waals surface area contributed by atoms with E-state index in [9.17, 15) is 4.39 Å². The fourth-order valence-electron chi connectivity index (χ4n) is 3.36. The first-order chi connectivity index (χ1) is 14.5. The number of rotatable bonds is 6. The second kappa shape index (κ2) is 8.45. The zero-order chi connectivity index (χ0) is 21.1. The monoisotopic (exact) mass is 402 g/mol. The van der Waals surface area contributed by atoms with Crippen LogP contribution in [0.2, 0.25) is 0 Å². The van der Waals surface area contributed by atoms with Crippen LogP contribution in [-0.4, -0.2) is 27.0 Å². The molecular formula is C24H23FN4O. The topological polar surface area (TPSA) is 63.7 Å². The van der Waals surface area contributed by atoms with Gasteiger partial charge in [-0.05, 0) is 42.2 Å². The lowest BCUT2D eigenvalue weighted by molar-refractivity contribution is 0.380. The fourth-order valence-corrected chi connectivity index (χ4v) is 3.36. The number of hydrogen-bond acceptors (Lipinski definition) is 4. The number of halogens is 1. The summed E-state index contributed by atoms with van der Waals surface area (Å²) in [6.45, 7) is 4.41. The Balaban J connectivity index is 1.77. The number of H-pyrrole nitrogens is 1. The molecule has 0 saturated carbocycles. The second-order valence-corrected chi connectivity index (χ2v) is 7.57. The molecule has 2 aromatic heterocycles. The number of imidazole rings is 1. The molecule has 0 amide bonds. The maximum atomic E-state index is 13.4. The van der Waals surface area contributed by atoms with E-state index in [1.54, 1.807) is 24.5 Å². The first kappa shape index (κ1) is 19.8. The molecule has 4 rings (SSSR count). The van der Waals surface area contributed by atoms with Crippen molar-refractivity contribution < 1.29 is 9.13 Å². The van der Waals surface area contributed by atoms with E-state index in [1.165, 1.54) is 24.8 Å². The van der Waals surface area contributed by atoms with Crippen LogP contribution >= 0.6 is 0 Å². The van der Waals surface area contributed by atoms with Crippen molar-refractivity contribution in [3.8, 4) is 39.9 Å². The summed E-state index contributed by atoms with van der Waals surface area (Å²) >= 11 is 0. The molecule has 0 aliphatic rings. The second-order valence-electron chi connectivity index (χ2n) is 7.57. The van der Waals surface area contributed by atoms with Gasteiger partial charge >= 0.3 is 6.01 Å². The quantitative estimate of drug-likeness (QED) is 0.459. The lowest BCUT2D eigenvalue weighted by Crippen LogP contribution is -1.93. The summed E-state index contributed by atoms with van der Waals surface area (Å²) in [5.41, 5.74) is 5.33. The van der Waals surface area contributed by atoms with Crippen LogP contribution in [-0.2, 0) is 6.42 Å². The Morgan fingerprint density at radius 2 is 1.53 bits per heavy atom. The van der Waals surface area contributed by atoms with Crippen LogP contribution in [0.25, 0.3) is 33.9 Å². The van der Waals surface area contributed by atoms with E-state index >= 15 is 0 Å². The predicted molar refractivity (Wildman–Crippen MR) is 116 cm³/mol. The molecule has 1 N–H and O–H groups in total. The third-order valence-electron chi connectivity index (χ3n) is 4.79. The summed E-state index contributed by atoms with van der Waals surface area (Å²) in [6.07, 6.45) is 4.38. The highest BCUT2D eigenvalue weighted by atomic mass is 19.1. The van der Waals surface area contributed by atoms with Crippen molar-refractivity contribution in [2.24, 2.45) is 5.92 Å². The number of aromatic nitrogens is 4. The van der Waals surface area contributed by atoms with Crippen molar-refractivity contribution in [1.82, 2.24) is 19.9 Å². The van der Waals surface area contributed by atoms with Gasteiger partial charge in [0.2, 0.25) is 0 Å².